The third-order valence-electron chi connectivity index (χ3n) is 14.7. The molecule has 0 aromatic rings. The summed E-state index contributed by atoms with van der Waals surface area (Å²) in [5.74, 6) is -0.863. The van der Waals surface area contributed by atoms with Crippen molar-refractivity contribution in [3.8, 4) is 0 Å². The Balaban J connectivity index is 4.05. The maximum atomic E-state index is 12.9. The Labute approximate surface area is 478 Å². The first-order valence-electron chi connectivity index (χ1n) is 33.4. The summed E-state index contributed by atoms with van der Waals surface area (Å²) in [5.41, 5.74) is 0. The topological polar surface area (TPSA) is 78.9 Å². The van der Waals surface area contributed by atoms with Gasteiger partial charge in [-0.15, -0.1) is 0 Å². The molecule has 0 heterocycles. The van der Waals surface area contributed by atoms with Crippen molar-refractivity contribution in [2.45, 2.75) is 348 Å². The minimum Gasteiger partial charge on any atom is -0.462 e. The summed E-state index contributed by atoms with van der Waals surface area (Å²) in [6.45, 7) is 6.53. The van der Waals surface area contributed by atoms with E-state index >= 15 is 0 Å². The van der Waals surface area contributed by atoms with Crippen LogP contribution in [0.4, 0.5) is 0 Å². The van der Waals surface area contributed by atoms with Crippen LogP contribution in [0.15, 0.2) is 72.9 Å². The largest absolute Gasteiger partial charge is 0.462 e. The molecular weight excluding hydrogens is 949 g/mol. The van der Waals surface area contributed by atoms with Crippen LogP contribution in [0, 0.1) is 0 Å². The van der Waals surface area contributed by atoms with Gasteiger partial charge in [0, 0.05) is 19.3 Å². The molecule has 0 saturated heterocycles. The van der Waals surface area contributed by atoms with Crippen molar-refractivity contribution in [3.63, 3.8) is 0 Å². The molecule has 0 amide bonds. The quantitative estimate of drug-likeness (QED) is 0.0261. The Kier molecular flexibility index (Phi) is 62.7. The summed E-state index contributed by atoms with van der Waals surface area (Å²) in [5, 5.41) is 0. The second-order valence-corrected chi connectivity index (χ2v) is 22.4. The van der Waals surface area contributed by atoms with Crippen LogP contribution >= 0.6 is 0 Å². The van der Waals surface area contributed by atoms with Crippen molar-refractivity contribution in [2.24, 2.45) is 0 Å². The Morgan fingerprint density at radius 2 is 0.506 bits per heavy atom. The standard InChI is InChI=1S/C71H126O6/c1-4-7-10-13-16-19-21-23-25-27-29-30-31-32-33-34-35-36-37-38-39-40-41-42-43-45-46-48-50-52-55-58-61-64-70(73)76-67-68(66-75-69(72)63-60-57-54-18-15-12-9-6-3)77-71(74)65-62-59-56-53-51-49-47-44-28-26-24-22-20-17-14-11-8-5-2/h7,10,16,19,23,25-26,28-30,32-33,68H,4-6,8-9,11-15,17-18,20-22,24,27,31,34-67H2,1-3H3/b10-7-,19-16-,25-23-,28-26-,30-29-,33-32-. The third kappa shape index (κ3) is 63.6. The highest BCUT2D eigenvalue weighted by atomic mass is 16.6. The van der Waals surface area contributed by atoms with E-state index in [0.29, 0.717) is 19.3 Å². The molecule has 0 N–H and O–H groups in total. The summed E-state index contributed by atoms with van der Waals surface area (Å²) in [6.07, 6.45) is 85.1. The van der Waals surface area contributed by atoms with Crippen LogP contribution in [0.1, 0.15) is 342 Å². The highest BCUT2D eigenvalue weighted by molar-refractivity contribution is 5.71. The van der Waals surface area contributed by atoms with E-state index in [1.54, 1.807) is 0 Å². The zero-order valence-corrected chi connectivity index (χ0v) is 51.2. The number of esters is 3. The van der Waals surface area contributed by atoms with Crippen LogP contribution in [0.25, 0.3) is 0 Å². The highest BCUT2D eigenvalue weighted by Gasteiger charge is 2.19. The van der Waals surface area contributed by atoms with E-state index in [2.05, 4.69) is 93.7 Å². The van der Waals surface area contributed by atoms with Gasteiger partial charge in [-0.2, -0.15) is 0 Å². The third-order valence-corrected chi connectivity index (χ3v) is 14.7. The van der Waals surface area contributed by atoms with Crippen molar-refractivity contribution < 1.29 is 28.6 Å². The average molecular weight is 1080 g/mol. The van der Waals surface area contributed by atoms with Gasteiger partial charge in [0.25, 0.3) is 0 Å². The molecule has 0 bridgehead atoms. The van der Waals surface area contributed by atoms with Gasteiger partial charge in [0.2, 0.25) is 0 Å². The molecule has 6 nitrogen and oxygen atoms in total. The van der Waals surface area contributed by atoms with Gasteiger partial charge in [-0.1, -0.05) is 306 Å². The molecule has 0 spiro atoms. The Morgan fingerprint density at radius 3 is 0.805 bits per heavy atom. The molecular formula is C71H126O6. The molecule has 446 valence electrons. The van der Waals surface area contributed by atoms with Crippen LogP contribution < -0.4 is 0 Å². The molecule has 0 saturated carbocycles. The van der Waals surface area contributed by atoms with Crippen LogP contribution in [0.3, 0.4) is 0 Å². The molecule has 0 radical (unpaired) electrons. The van der Waals surface area contributed by atoms with Gasteiger partial charge in [-0.25, -0.2) is 0 Å². The SMILES string of the molecule is CC/C=C\C/C=C\C/C=C\C/C=C\C/C=C\CCCCCCCCCCCCCCCCCCCC(=O)OCC(COC(=O)CCCCCCCCCC)OC(=O)CCCCCCCCC/C=C\CCCCCCCCC. The van der Waals surface area contributed by atoms with Crippen molar-refractivity contribution in [1.29, 1.82) is 0 Å². The van der Waals surface area contributed by atoms with Gasteiger partial charge in [0.15, 0.2) is 6.10 Å². The predicted octanol–water partition coefficient (Wildman–Crippen LogP) is 22.9. The zero-order valence-electron chi connectivity index (χ0n) is 51.2. The van der Waals surface area contributed by atoms with Crippen molar-refractivity contribution in [1.82, 2.24) is 0 Å². The monoisotopic (exact) mass is 1070 g/mol. The number of carbonyl (C=O) groups is 3. The van der Waals surface area contributed by atoms with Gasteiger partial charge in [-0.05, 0) is 89.9 Å². The smallest absolute Gasteiger partial charge is 0.306 e. The van der Waals surface area contributed by atoms with E-state index in [0.717, 1.165) is 89.9 Å². The molecule has 0 rings (SSSR count). The summed E-state index contributed by atoms with van der Waals surface area (Å²) in [7, 11) is 0. The maximum Gasteiger partial charge on any atom is 0.306 e. The van der Waals surface area contributed by atoms with Crippen molar-refractivity contribution >= 4 is 17.9 Å². The Morgan fingerprint density at radius 1 is 0.273 bits per heavy atom. The molecule has 0 fully saturated rings. The van der Waals surface area contributed by atoms with Crippen LogP contribution in [-0.2, 0) is 28.6 Å². The number of carbonyl (C=O) groups excluding carboxylic acids is 3. The second-order valence-electron chi connectivity index (χ2n) is 22.4. The number of hydrogen-bond donors (Lipinski definition) is 0. The summed E-state index contributed by atoms with van der Waals surface area (Å²) in [6, 6.07) is 0. The van der Waals surface area contributed by atoms with Gasteiger partial charge >= 0.3 is 17.9 Å². The van der Waals surface area contributed by atoms with Gasteiger partial charge in [0.1, 0.15) is 13.2 Å². The van der Waals surface area contributed by atoms with E-state index < -0.39 is 6.10 Å². The van der Waals surface area contributed by atoms with E-state index in [4.69, 9.17) is 14.2 Å². The van der Waals surface area contributed by atoms with E-state index in [1.165, 1.54) is 212 Å². The lowest BCUT2D eigenvalue weighted by atomic mass is 10.0. The first-order valence-corrected chi connectivity index (χ1v) is 33.4. The van der Waals surface area contributed by atoms with Gasteiger partial charge in [0.05, 0.1) is 0 Å². The molecule has 77 heavy (non-hydrogen) atoms. The molecule has 1 unspecified atom stereocenters. The first kappa shape index (κ1) is 73.8. The normalized spacial score (nSPS) is 12.5. The molecule has 1 atom stereocenters. The molecule has 6 heteroatoms. The molecule has 0 aliphatic heterocycles. The average Bonchev–Trinajstić information content (AvgIpc) is 3.43. The lowest BCUT2D eigenvalue weighted by Gasteiger charge is -2.18. The molecule has 0 aliphatic rings. The van der Waals surface area contributed by atoms with E-state index in [1.807, 2.05) is 0 Å². The number of unbranched alkanes of at least 4 members (excludes halogenated alkanes) is 38. The summed E-state index contributed by atoms with van der Waals surface area (Å²) >= 11 is 0. The second kappa shape index (κ2) is 65.4. The predicted molar refractivity (Wildman–Crippen MR) is 335 cm³/mol. The first-order chi connectivity index (χ1) is 38.0. The molecule has 0 aromatic heterocycles. The van der Waals surface area contributed by atoms with Crippen LogP contribution in [0.5, 0.6) is 0 Å². The minimum atomic E-state index is -0.773. The fourth-order valence-corrected chi connectivity index (χ4v) is 9.70. The van der Waals surface area contributed by atoms with Crippen LogP contribution in [-0.4, -0.2) is 37.2 Å². The van der Waals surface area contributed by atoms with Crippen molar-refractivity contribution in [2.75, 3.05) is 13.2 Å². The van der Waals surface area contributed by atoms with E-state index in [-0.39, 0.29) is 31.1 Å². The highest BCUT2D eigenvalue weighted by Crippen LogP contribution is 2.17. The van der Waals surface area contributed by atoms with Crippen LogP contribution in [0.2, 0.25) is 0 Å². The Bertz CT molecular complexity index is 1420. The summed E-state index contributed by atoms with van der Waals surface area (Å²) < 4.78 is 16.9. The van der Waals surface area contributed by atoms with E-state index in [9.17, 15) is 14.4 Å². The van der Waals surface area contributed by atoms with Crippen molar-refractivity contribution in [3.05, 3.63) is 72.9 Å². The number of hydrogen-bond acceptors (Lipinski definition) is 6. The zero-order chi connectivity index (χ0) is 55.7. The number of allylic oxidation sites excluding steroid dienone is 12. The fourth-order valence-electron chi connectivity index (χ4n) is 9.70. The maximum absolute atomic E-state index is 12.9. The molecule has 0 aromatic carbocycles. The number of ether oxygens (including phenoxy) is 3. The Hall–Kier alpha value is -3.15. The number of rotatable bonds is 61. The lowest BCUT2D eigenvalue weighted by molar-refractivity contribution is -0.167. The lowest BCUT2D eigenvalue weighted by Crippen LogP contribution is -2.30. The fraction of sp³-hybridized carbons (Fsp3) is 0.789. The van der Waals surface area contributed by atoms with Gasteiger partial charge < -0.3 is 14.2 Å². The minimum absolute atomic E-state index is 0.0719. The summed E-state index contributed by atoms with van der Waals surface area (Å²) in [4.78, 5) is 38.1. The van der Waals surface area contributed by atoms with Gasteiger partial charge in [-0.3, -0.25) is 14.4 Å². The molecule has 0 aliphatic carbocycles.